The van der Waals surface area contributed by atoms with E-state index in [1.54, 1.807) is 64.8 Å². The molecule has 0 saturated carbocycles. The molecule has 4 rings (SSSR count). The van der Waals surface area contributed by atoms with E-state index in [1.165, 1.54) is 0 Å². The molecule has 0 bridgehead atoms. The van der Waals surface area contributed by atoms with Crippen LogP contribution >= 0.6 is 23.7 Å². The molecule has 0 radical (unpaired) electrons. The van der Waals surface area contributed by atoms with Gasteiger partial charge in [-0.1, -0.05) is 51.3 Å². The molecule has 107 heavy (non-hydrogen) atoms. The van der Waals surface area contributed by atoms with Crippen LogP contribution in [0.3, 0.4) is 0 Å². The molecule has 0 spiro atoms. The molecular formula is C71H104F12N8O13P3+. The van der Waals surface area contributed by atoms with E-state index >= 15 is 4.57 Å². The van der Waals surface area contributed by atoms with E-state index in [0.29, 0.717) is 44.7 Å². The van der Waals surface area contributed by atoms with Crippen molar-refractivity contribution in [3.8, 4) is 6.07 Å². The Morgan fingerprint density at radius 2 is 0.953 bits per heavy atom. The number of halogens is 12. The second-order valence-corrected chi connectivity index (χ2v) is 32.5. The Morgan fingerprint density at radius 3 is 1.39 bits per heavy atom. The zero-order valence-corrected chi connectivity index (χ0v) is 64.9. The van der Waals surface area contributed by atoms with Crippen LogP contribution in [0.15, 0.2) is 72.5 Å². The van der Waals surface area contributed by atoms with E-state index in [4.69, 9.17) is 31.9 Å². The molecule has 0 aromatic heterocycles. The molecular weight excluding hydrogens is 1490 g/mol. The first-order valence-electron chi connectivity index (χ1n) is 35.9. The number of hydrogen-bond acceptors (Lipinski definition) is 16. The first-order valence-corrected chi connectivity index (χ1v) is 40.1. The Hall–Kier alpha value is -5.77. The molecule has 2 heterocycles. The molecule has 36 heteroatoms. The van der Waals surface area contributed by atoms with Gasteiger partial charge in [-0.05, 0) is 161 Å². The van der Waals surface area contributed by atoms with Crippen molar-refractivity contribution in [2.24, 2.45) is 0 Å². The summed E-state index contributed by atoms with van der Waals surface area (Å²) in [5, 5.41) is 16.5. The first kappa shape index (κ1) is 93.6. The summed E-state index contributed by atoms with van der Waals surface area (Å²) in [6, 6.07) is 12.5. The second kappa shape index (κ2) is 44.3. The van der Waals surface area contributed by atoms with Gasteiger partial charge in [0.05, 0.1) is 68.2 Å². The van der Waals surface area contributed by atoms with Crippen molar-refractivity contribution >= 4 is 75.0 Å². The lowest BCUT2D eigenvalue weighted by Gasteiger charge is -2.35. The van der Waals surface area contributed by atoms with E-state index in [-0.39, 0.29) is 140 Å². The Bertz CT molecular complexity index is 3360. The van der Waals surface area contributed by atoms with Gasteiger partial charge in [0.1, 0.15) is 6.54 Å². The van der Waals surface area contributed by atoms with Crippen LogP contribution in [-0.4, -0.2) is 168 Å². The van der Waals surface area contributed by atoms with Gasteiger partial charge >= 0.3 is 63.5 Å². The van der Waals surface area contributed by atoms with Crippen molar-refractivity contribution in [2.45, 2.75) is 212 Å². The third-order valence-corrected chi connectivity index (χ3v) is 23.3. The maximum atomic E-state index is 15.1. The molecule has 2 aromatic rings. The summed E-state index contributed by atoms with van der Waals surface area (Å²) in [6.07, 6.45) is -4.22. The molecule has 1 atom stereocenters. The molecule has 1 unspecified atom stereocenters. The summed E-state index contributed by atoms with van der Waals surface area (Å²) in [5.41, 5.74) is 3.03. The van der Waals surface area contributed by atoms with Crippen molar-refractivity contribution in [1.29, 1.82) is 5.26 Å². The number of anilines is 1. The number of hydrogen-bond donors (Lipinski definition) is 4. The van der Waals surface area contributed by atoms with E-state index < -0.39 is 82.9 Å². The van der Waals surface area contributed by atoms with Gasteiger partial charge < -0.3 is 58.0 Å². The molecule has 21 nitrogen and oxygen atoms in total. The lowest BCUT2D eigenvalue weighted by Crippen LogP contribution is -2.37. The summed E-state index contributed by atoms with van der Waals surface area (Å²) in [6.45, 7) is 15.8. The standard InChI is InChI=1S/C71H103F12N8O13P3/c1-52(2)91(53(3)4)105(100-45-29-36-84)99-44-24-13-11-22-42-90-59-35-33-55(107(97,103-48-27-19-39-87-64(94)70(78,79)80)104-49-28-20-40-88-65(95)71(81,82)83)51-57(59)67(7,8)61(90)31-16-14-15-30-60-66(5,6)56-50-54(32-34-58(56)89(60)41-21-10-12-23-43-98-9)106(96,101-46-25-17-37-85-62(92)68(72,73)74)102-47-26-18-38-86-63(93)69(75,76)77/h14-16,30-35,50-53H,10-13,17-29,37-49H2,1-9H3,(H3-,85,86,87,88,92,93,94,95)/p+1. The Labute approximate surface area is 620 Å². The van der Waals surface area contributed by atoms with Crippen LogP contribution in [0.1, 0.15) is 176 Å². The highest BCUT2D eigenvalue weighted by Gasteiger charge is 2.47. The third-order valence-electron chi connectivity index (χ3n) is 17.2. The minimum Gasteiger partial charge on any atom is -0.385 e. The number of methoxy groups -OCH3 is 1. The number of fused-ring (bicyclic) bond motifs is 2. The quantitative estimate of drug-likeness (QED) is 0.0158. The number of carbonyl (C=O) groups is 4. The smallest absolute Gasteiger partial charge is 0.385 e. The highest BCUT2D eigenvalue weighted by atomic mass is 31.2. The van der Waals surface area contributed by atoms with Crippen LogP contribution in [-0.2, 0) is 71.0 Å². The monoisotopic (exact) mass is 1600 g/mol. The molecule has 2 aromatic carbocycles. The van der Waals surface area contributed by atoms with Crippen molar-refractivity contribution in [2.75, 3.05) is 97.5 Å². The summed E-state index contributed by atoms with van der Waals surface area (Å²) < 4.78 is 230. The molecule has 0 aliphatic carbocycles. The number of nitriles is 1. The number of nitrogens with one attached hydrogen (secondary N) is 4. The normalized spacial score (nSPS) is 15.5. The largest absolute Gasteiger partial charge is 0.471 e. The maximum absolute atomic E-state index is 15.1. The first-order chi connectivity index (χ1) is 50.2. The lowest BCUT2D eigenvalue weighted by atomic mass is 9.81. The molecule has 604 valence electrons. The fourth-order valence-electron chi connectivity index (χ4n) is 11.8. The van der Waals surface area contributed by atoms with Gasteiger partial charge in [0, 0.05) is 99.5 Å². The predicted octanol–water partition coefficient (Wildman–Crippen LogP) is 15.5. The molecule has 2 aliphatic rings. The number of nitrogens with zero attached hydrogens (tertiary/aromatic N) is 4. The average molecular weight is 1600 g/mol. The fraction of sp³-hybridized carbons (Fsp3) is 0.662. The zero-order chi connectivity index (χ0) is 79.9. The van der Waals surface area contributed by atoms with Gasteiger partial charge in [0.15, 0.2) is 5.71 Å². The van der Waals surface area contributed by atoms with Gasteiger partial charge in [-0.25, -0.2) is 4.67 Å². The maximum Gasteiger partial charge on any atom is 0.471 e. The highest BCUT2D eigenvalue weighted by Crippen LogP contribution is 2.54. The van der Waals surface area contributed by atoms with Crippen molar-refractivity contribution in [1.82, 2.24) is 25.9 Å². The van der Waals surface area contributed by atoms with Crippen LogP contribution in [0.5, 0.6) is 0 Å². The molecule has 2 aliphatic heterocycles. The minimum absolute atomic E-state index is 0.00334. The van der Waals surface area contributed by atoms with E-state index in [1.807, 2.05) is 58.1 Å². The average Bonchev–Trinajstić information content (AvgIpc) is 1.59. The number of amides is 4. The number of benzene rings is 2. The number of unbranched alkanes of at least 4 members (excludes halogenated alkanes) is 10. The van der Waals surface area contributed by atoms with Gasteiger partial charge in [-0.3, -0.25) is 28.3 Å². The minimum atomic E-state index is -5.11. The molecule has 0 saturated heterocycles. The van der Waals surface area contributed by atoms with Crippen LogP contribution in [0.25, 0.3) is 0 Å². The Balaban J connectivity index is 1.75. The zero-order valence-electron chi connectivity index (χ0n) is 62.2. The Morgan fingerprint density at radius 1 is 0.542 bits per heavy atom. The van der Waals surface area contributed by atoms with Gasteiger partial charge in [0.2, 0.25) is 5.69 Å². The summed E-state index contributed by atoms with van der Waals surface area (Å²) in [5.74, 6) is -8.52. The molecule has 4 N–H and O–H groups in total. The van der Waals surface area contributed by atoms with E-state index in [0.717, 1.165) is 66.9 Å². The number of rotatable bonds is 50. The number of allylic oxidation sites excluding steroid dienone is 6. The van der Waals surface area contributed by atoms with E-state index in [2.05, 4.69) is 47.9 Å². The summed E-state index contributed by atoms with van der Waals surface area (Å²) in [7, 11) is -8.46. The van der Waals surface area contributed by atoms with Crippen LogP contribution in [0.4, 0.5) is 64.1 Å². The number of carbonyl (C=O) groups excluding carboxylic acids is 4. The van der Waals surface area contributed by atoms with Crippen LogP contribution in [0.2, 0.25) is 0 Å². The lowest BCUT2D eigenvalue weighted by molar-refractivity contribution is -0.438. The summed E-state index contributed by atoms with van der Waals surface area (Å²) in [4.78, 5) is 47.9. The van der Waals surface area contributed by atoms with Crippen molar-refractivity contribution in [3.63, 3.8) is 0 Å². The van der Waals surface area contributed by atoms with Crippen LogP contribution < -0.4 is 36.8 Å². The fourth-order valence-corrected chi connectivity index (χ4v) is 16.7. The highest BCUT2D eigenvalue weighted by molar-refractivity contribution is 7.62. The van der Waals surface area contributed by atoms with Gasteiger partial charge in [-0.2, -0.15) is 62.5 Å². The van der Waals surface area contributed by atoms with Gasteiger partial charge in [0.25, 0.3) is 8.53 Å². The number of alkyl halides is 12. The van der Waals surface area contributed by atoms with Crippen molar-refractivity contribution < 1.29 is 117 Å². The topological polar surface area (TPSA) is 248 Å². The Kier molecular flexibility index (Phi) is 38.8. The van der Waals surface area contributed by atoms with Crippen LogP contribution in [0, 0.1) is 11.3 Å². The van der Waals surface area contributed by atoms with Gasteiger partial charge in [-0.15, -0.1) is 0 Å². The third kappa shape index (κ3) is 30.1. The number of ether oxygens (including phenoxy) is 1. The molecule has 0 fully saturated rings. The predicted molar refractivity (Wildman–Crippen MR) is 384 cm³/mol. The summed E-state index contributed by atoms with van der Waals surface area (Å²) >= 11 is 0. The second-order valence-electron chi connectivity index (χ2n) is 27.0. The van der Waals surface area contributed by atoms with Crippen molar-refractivity contribution in [3.05, 3.63) is 83.6 Å². The SMILES string of the molecule is COCCCCCC[N+]1=C(C=CC=CC=C2N(CCCCCCOP(OCCC#N)N(C(C)C)C(C)C)c3ccc(P(=O)(OCCCCNC(=O)C(F)(F)F)OCCCCNC(=O)C(F)(F)F)cc3C2(C)C)C(C)(C)c2cc(P(=O)(OCCCCNC(=O)C(F)(F)F)OCCCCNC(=O)C(F)(F)F)ccc21. The molecule has 4 amide bonds. The van der Waals surface area contributed by atoms with E-state index in [9.17, 15) is 81.7 Å².